The molecule has 0 heterocycles. The van der Waals surface area contributed by atoms with E-state index in [1.807, 2.05) is 0 Å². The van der Waals surface area contributed by atoms with E-state index in [9.17, 15) is 19.8 Å². The van der Waals surface area contributed by atoms with Crippen molar-refractivity contribution < 1.29 is 84.0 Å². The van der Waals surface area contributed by atoms with Crippen molar-refractivity contribution in [2.24, 2.45) is 0 Å². The Labute approximate surface area is 131 Å². The first-order chi connectivity index (χ1) is 6.02. The Hall–Kier alpha value is 0.820. The van der Waals surface area contributed by atoms with Gasteiger partial charge in [0.1, 0.15) is 6.23 Å². The van der Waals surface area contributed by atoms with Crippen LogP contribution < -0.4 is 80.0 Å². The molecule has 0 aliphatic rings. The van der Waals surface area contributed by atoms with Gasteiger partial charge in [-0.25, -0.2) is 0 Å². The maximum Gasteiger partial charge on any atom is 1.00 e. The van der Waals surface area contributed by atoms with Crippen LogP contribution in [0.15, 0.2) is 0 Å². The number of rotatable bonds is 7. The summed E-state index contributed by atoms with van der Waals surface area (Å²) in [6.07, 6.45) is -1.13. The van der Waals surface area contributed by atoms with Gasteiger partial charge in [0.25, 0.3) is 0 Å². The molecule has 1 unspecified atom stereocenters. The topological polar surface area (TPSA) is 125 Å². The molecule has 0 radical (unpaired) electrons. The van der Waals surface area contributed by atoms with Gasteiger partial charge in [-0.3, -0.25) is 5.32 Å². The Kier molecular flexibility index (Phi) is 18.2. The average Bonchev–Trinajstić information content (AvgIpc) is 2.00. The van der Waals surface area contributed by atoms with Crippen molar-refractivity contribution in [2.75, 3.05) is 19.6 Å². The van der Waals surface area contributed by atoms with Crippen molar-refractivity contribution >= 4 is 11.9 Å². The van der Waals surface area contributed by atoms with Gasteiger partial charge in [0.2, 0.25) is 0 Å². The first kappa shape index (κ1) is 21.1. The second-order valence-corrected chi connectivity index (χ2v) is 2.27. The molecule has 0 saturated heterocycles. The molecule has 0 spiro atoms. The van der Waals surface area contributed by atoms with Crippen LogP contribution in [0.2, 0.25) is 0 Å². The molecule has 0 aliphatic carbocycles. The van der Waals surface area contributed by atoms with E-state index in [1.54, 1.807) is 0 Å². The van der Waals surface area contributed by atoms with Gasteiger partial charge in [0.15, 0.2) is 0 Å². The summed E-state index contributed by atoms with van der Waals surface area (Å²) < 4.78 is 0. The third-order valence-corrected chi connectivity index (χ3v) is 1.09. The van der Waals surface area contributed by atoms with E-state index in [0.717, 1.165) is 0 Å². The number of aliphatic hydroxyl groups excluding tert-OH is 1. The van der Waals surface area contributed by atoms with Gasteiger partial charge >= 0.3 is 59.1 Å². The molecule has 0 aliphatic heterocycles. The molecule has 1 atom stereocenters. The Morgan fingerprint density at radius 1 is 1.13 bits per heavy atom. The molecule has 0 aromatic heterocycles. The van der Waals surface area contributed by atoms with Crippen LogP contribution in [0.5, 0.6) is 0 Å². The Morgan fingerprint density at radius 2 is 1.60 bits per heavy atom. The Balaban J connectivity index is -0.000000720. The number of carboxylic acid groups (broad SMARTS) is 2. The van der Waals surface area contributed by atoms with Gasteiger partial charge in [-0.1, -0.05) is 0 Å². The van der Waals surface area contributed by atoms with E-state index in [-0.39, 0.29) is 65.7 Å². The van der Waals surface area contributed by atoms with Crippen LogP contribution in [0.3, 0.4) is 0 Å². The van der Waals surface area contributed by atoms with E-state index < -0.39 is 31.3 Å². The number of hydrogen-bond donors (Lipinski definition) is 3. The van der Waals surface area contributed by atoms with Gasteiger partial charge in [-0.05, 0) is 0 Å². The Bertz CT molecular complexity index is 192. The molecule has 15 heavy (non-hydrogen) atoms. The summed E-state index contributed by atoms with van der Waals surface area (Å²) in [5.41, 5.74) is 0. The minimum absolute atomic E-state index is 0. The molecule has 7 nitrogen and oxygen atoms in total. The van der Waals surface area contributed by atoms with E-state index in [2.05, 4.69) is 10.6 Å². The van der Waals surface area contributed by atoms with Crippen LogP contribution in [0.25, 0.3) is 0 Å². The van der Waals surface area contributed by atoms with Crippen LogP contribution in [-0.4, -0.2) is 42.9 Å². The van der Waals surface area contributed by atoms with E-state index >= 15 is 0 Å². The third-order valence-electron chi connectivity index (χ3n) is 1.09. The van der Waals surface area contributed by atoms with E-state index in [0.29, 0.717) is 0 Å². The molecule has 0 fully saturated rings. The van der Waals surface area contributed by atoms with Crippen molar-refractivity contribution in [1.29, 1.82) is 0 Å². The minimum Gasteiger partial charge on any atom is -0.549 e. The molecular formula is C6H10N2Na2O5. The number of aliphatic carboxylic acids is 2. The van der Waals surface area contributed by atoms with Gasteiger partial charge in [-0.2, -0.15) is 0 Å². The molecule has 0 amide bonds. The number of carbonyl (C=O) groups is 2. The number of carbonyl (C=O) groups excluding carboxylic acids is 2. The number of hydrogen-bond acceptors (Lipinski definition) is 7. The predicted octanol–water partition coefficient (Wildman–Crippen LogP) is -11.0. The fourth-order valence-electron chi connectivity index (χ4n) is 0.584. The molecule has 0 aromatic carbocycles. The maximum atomic E-state index is 9.88. The SMILES string of the molecule is O=C([O-])CNCC(O)NCC(=O)[O-].[Na+].[Na+]. The van der Waals surface area contributed by atoms with Crippen molar-refractivity contribution in [3.05, 3.63) is 0 Å². The quantitative estimate of drug-likeness (QED) is 0.296. The fraction of sp³-hybridized carbons (Fsp3) is 0.667. The smallest absolute Gasteiger partial charge is 0.549 e. The predicted molar refractivity (Wildman–Crippen MR) is 36.9 cm³/mol. The summed E-state index contributed by atoms with van der Waals surface area (Å²) in [6.45, 7) is -0.973. The van der Waals surface area contributed by atoms with E-state index in [1.165, 1.54) is 0 Å². The van der Waals surface area contributed by atoms with Crippen LogP contribution in [0, 0.1) is 0 Å². The average molecular weight is 236 g/mol. The number of carboxylic acids is 2. The molecule has 0 saturated carbocycles. The van der Waals surface area contributed by atoms with Gasteiger partial charge in [-0.15, -0.1) is 0 Å². The number of aliphatic hydroxyl groups is 1. The zero-order valence-corrected chi connectivity index (χ0v) is 12.8. The molecule has 0 aromatic rings. The molecule has 9 heteroatoms. The van der Waals surface area contributed by atoms with Crippen LogP contribution in [-0.2, 0) is 9.59 Å². The fourth-order valence-corrected chi connectivity index (χ4v) is 0.584. The van der Waals surface area contributed by atoms with Crippen molar-refractivity contribution in [3.63, 3.8) is 0 Å². The zero-order chi connectivity index (χ0) is 10.3. The number of nitrogens with one attached hydrogen (secondary N) is 2. The summed E-state index contributed by atoms with van der Waals surface area (Å²) >= 11 is 0. The second-order valence-electron chi connectivity index (χ2n) is 2.27. The van der Waals surface area contributed by atoms with Gasteiger partial charge in [0, 0.05) is 19.6 Å². The molecule has 76 valence electrons. The first-order valence-electron chi connectivity index (χ1n) is 3.54. The van der Waals surface area contributed by atoms with Crippen LogP contribution >= 0.6 is 0 Å². The van der Waals surface area contributed by atoms with Crippen molar-refractivity contribution in [1.82, 2.24) is 10.6 Å². The molecule has 3 N–H and O–H groups in total. The first-order valence-corrected chi connectivity index (χ1v) is 3.54. The van der Waals surface area contributed by atoms with Gasteiger partial charge < -0.3 is 30.2 Å². The van der Waals surface area contributed by atoms with Crippen LogP contribution in [0.1, 0.15) is 0 Å². The standard InChI is InChI=1S/C6H12N2O5.2Na/c9-4(8-3-6(12)13)1-7-2-5(10)11;;/h4,7-9H,1-3H2,(H,10,11)(H,12,13);;/q;2*+1/p-2. The molecule has 0 rings (SSSR count). The summed E-state index contributed by atoms with van der Waals surface area (Å²) in [5.74, 6) is -2.65. The van der Waals surface area contributed by atoms with E-state index in [4.69, 9.17) is 5.11 Å². The third kappa shape index (κ3) is 17.4. The normalized spacial score (nSPS) is 10.7. The molecular weight excluding hydrogens is 226 g/mol. The minimum atomic E-state index is -1.35. The summed E-state index contributed by atoms with van der Waals surface area (Å²) in [5, 5.41) is 33.2. The largest absolute Gasteiger partial charge is 1.00 e. The van der Waals surface area contributed by atoms with Gasteiger partial charge in [0.05, 0.1) is 11.9 Å². The second kappa shape index (κ2) is 12.9. The Morgan fingerprint density at radius 3 is 2.00 bits per heavy atom. The van der Waals surface area contributed by atoms with Crippen LogP contribution in [0.4, 0.5) is 0 Å². The molecule has 0 bridgehead atoms. The zero-order valence-electron chi connectivity index (χ0n) is 8.78. The monoisotopic (exact) mass is 236 g/mol. The summed E-state index contributed by atoms with van der Waals surface area (Å²) in [6, 6.07) is 0. The van der Waals surface area contributed by atoms with Crippen molar-refractivity contribution in [2.45, 2.75) is 6.23 Å². The summed E-state index contributed by atoms with van der Waals surface area (Å²) in [7, 11) is 0. The maximum absolute atomic E-state index is 9.88. The summed E-state index contributed by atoms with van der Waals surface area (Å²) in [4.78, 5) is 19.7. The van der Waals surface area contributed by atoms with Crippen molar-refractivity contribution in [3.8, 4) is 0 Å².